The van der Waals surface area contributed by atoms with Crippen molar-refractivity contribution in [3.05, 3.63) is 0 Å². The minimum atomic E-state index is 0.0597. The van der Waals surface area contributed by atoms with Crippen LogP contribution >= 0.6 is 0 Å². The zero-order chi connectivity index (χ0) is 12.0. The lowest BCUT2D eigenvalue weighted by atomic mass is 9.82. The van der Waals surface area contributed by atoms with E-state index in [0.717, 1.165) is 12.8 Å². The topological polar surface area (TPSA) is 55.1 Å². The Morgan fingerprint density at radius 2 is 2.12 bits per heavy atom. The number of nitrogens with one attached hydrogen (secondary N) is 1. The molecule has 3 heteroatoms. The van der Waals surface area contributed by atoms with Crippen molar-refractivity contribution in [3.63, 3.8) is 0 Å². The third kappa shape index (κ3) is 3.78. The molecule has 0 aromatic rings. The molecule has 0 radical (unpaired) electrons. The van der Waals surface area contributed by atoms with Crippen molar-refractivity contribution in [1.82, 2.24) is 5.32 Å². The van der Waals surface area contributed by atoms with Crippen LogP contribution in [0.2, 0.25) is 0 Å². The van der Waals surface area contributed by atoms with E-state index in [1.807, 2.05) is 6.92 Å². The van der Waals surface area contributed by atoms with Gasteiger partial charge in [-0.3, -0.25) is 4.79 Å². The molecule has 1 amide bonds. The smallest absolute Gasteiger partial charge is 0.223 e. The molecule has 1 fully saturated rings. The number of nitrogens with two attached hydrogens (primary N) is 1. The molecule has 0 aromatic carbocycles. The van der Waals surface area contributed by atoms with E-state index >= 15 is 0 Å². The van der Waals surface area contributed by atoms with Gasteiger partial charge < -0.3 is 11.1 Å². The molecule has 3 nitrogen and oxygen atoms in total. The van der Waals surface area contributed by atoms with E-state index < -0.39 is 0 Å². The van der Waals surface area contributed by atoms with Gasteiger partial charge in [0, 0.05) is 12.0 Å². The maximum absolute atomic E-state index is 11.9. The number of hydrogen-bond acceptors (Lipinski definition) is 2. The summed E-state index contributed by atoms with van der Waals surface area (Å²) in [7, 11) is 0. The van der Waals surface area contributed by atoms with E-state index in [4.69, 9.17) is 5.73 Å². The fraction of sp³-hybridized carbons (Fsp3) is 0.923. The van der Waals surface area contributed by atoms with Crippen molar-refractivity contribution in [2.75, 3.05) is 6.54 Å². The first kappa shape index (κ1) is 13.5. The first-order chi connectivity index (χ1) is 7.69. The molecule has 1 rings (SSSR count). The van der Waals surface area contributed by atoms with Crippen LogP contribution in [0.5, 0.6) is 0 Å². The largest absolute Gasteiger partial charge is 0.353 e. The third-order valence-electron chi connectivity index (χ3n) is 3.81. The Balaban J connectivity index is 2.41. The fourth-order valence-corrected chi connectivity index (χ4v) is 2.59. The first-order valence-corrected chi connectivity index (χ1v) is 6.69. The van der Waals surface area contributed by atoms with Crippen LogP contribution in [0.15, 0.2) is 0 Å². The van der Waals surface area contributed by atoms with Gasteiger partial charge in [-0.05, 0) is 31.7 Å². The molecule has 94 valence electrons. The third-order valence-corrected chi connectivity index (χ3v) is 3.81. The van der Waals surface area contributed by atoms with Crippen LogP contribution in [0.25, 0.3) is 0 Å². The predicted octanol–water partition coefficient (Wildman–Crippen LogP) is 2.06. The monoisotopic (exact) mass is 226 g/mol. The van der Waals surface area contributed by atoms with E-state index in [1.54, 1.807) is 0 Å². The maximum atomic E-state index is 11.9. The molecule has 0 aromatic heterocycles. The Kier molecular flexibility index (Phi) is 5.81. The van der Waals surface area contributed by atoms with Gasteiger partial charge in [0.15, 0.2) is 0 Å². The second-order valence-electron chi connectivity index (χ2n) is 5.05. The number of hydrogen-bond donors (Lipinski definition) is 2. The predicted molar refractivity (Wildman–Crippen MR) is 67.0 cm³/mol. The lowest BCUT2D eigenvalue weighted by Gasteiger charge is -2.32. The van der Waals surface area contributed by atoms with Gasteiger partial charge in [-0.25, -0.2) is 0 Å². The highest BCUT2D eigenvalue weighted by molar-refractivity contribution is 5.78. The summed E-state index contributed by atoms with van der Waals surface area (Å²) in [4.78, 5) is 11.9. The van der Waals surface area contributed by atoms with Crippen molar-refractivity contribution >= 4 is 5.91 Å². The van der Waals surface area contributed by atoms with Crippen molar-refractivity contribution in [1.29, 1.82) is 0 Å². The van der Waals surface area contributed by atoms with Gasteiger partial charge in [-0.2, -0.15) is 0 Å². The lowest BCUT2D eigenvalue weighted by Crippen LogP contribution is -2.44. The van der Waals surface area contributed by atoms with E-state index in [2.05, 4.69) is 12.2 Å². The van der Waals surface area contributed by atoms with Crippen LogP contribution in [0.4, 0.5) is 0 Å². The zero-order valence-electron chi connectivity index (χ0n) is 10.7. The Morgan fingerprint density at radius 3 is 2.75 bits per heavy atom. The highest BCUT2D eigenvalue weighted by atomic mass is 16.1. The van der Waals surface area contributed by atoms with Gasteiger partial charge in [0.1, 0.15) is 0 Å². The Morgan fingerprint density at radius 1 is 1.44 bits per heavy atom. The summed E-state index contributed by atoms with van der Waals surface area (Å²) >= 11 is 0. The van der Waals surface area contributed by atoms with Gasteiger partial charge in [0.25, 0.3) is 0 Å². The van der Waals surface area contributed by atoms with Crippen LogP contribution in [0, 0.1) is 11.8 Å². The van der Waals surface area contributed by atoms with Gasteiger partial charge in [0.2, 0.25) is 5.91 Å². The molecule has 0 heterocycles. The summed E-state index contributed by atoms with van der Waals surface area (Å²) in [5, 5.41) is 3.21. The molecule has 1 saturated carbocycles. The van der Waals surface area contributed by atoms with E-state index in [1.165, 1.54) is 25.7 Å². The molecule has 0 saturated heterocycles. The average molecular weight is 226 g/mol. The fourth-order valence-electron chi connectivity index (χ4n) is 2.59. The minimum absolute atomic E-state index is 0.0597. The van der Waals surface area contributed by atoms with Crippen molar-refractivity contribution in [2.24, 2.45) is 17.6 Å². The molecular weight excluding hydrogens is 200 g/mol. The summed E-state index contributed by atoms with van der Waals surface area (Å²) in [6.45, 7) is 4.78. The highest BCUT2D eigenvalue weighted by Crippen LogP contribution is 2.27. The molecule has 3 atom stereocenters. The second-order valence-corrected chi connectivity index (χ2v) is 5.05. The van der Waals surface area contributed by atoms with E-state index in [9.17, 15) is 4.79 Å². The first-order valence-electron chi connectivity index (χ1n) is 6.69. The second kappa shape index (κ2) is 6.89. The van der Waals surface area contributed by atoms with Gasteiger partial charge in [0.05, 0.1) is 0 Å². The summed E-state index contributed by atoms with van der Waals surface area (Å²) in [5.74, 6) is 0.933. The number of rotatable bonds is 5. The molecule has 0 bridgehead atoms. The Bertz CT molecular complexity index is 218. The SMILES string of the molecule is CCC1CCCCC1NC(=O)C(C)CCN. The summed E-state index contributed by atoms with van der Waals surface area (Å²) < 4.78 is 0. The maximum Gasteiger partial charge on any atom is 0.223 e. The Labute approximate surface area is 99.2 Å². The summed E-state index contributed by atoms with van der Waals surface area (Å²) in [6.07, 6.45) is 6.97. The van der Waals surface area contributed by atoms with E-state index in [0.29, 0.717) is 18.5 Å². The minimum Gasteiger partial charge on any atom is -0.353 e. The van der Waals surface area contributed by atoms with Crippen LogP contribution in [0.3, 0.4) is 0 Å². The number of amides is 1. The lowest BCUT2D eigenvalue weighted by molar-refractivity contribution is -0.126. The molecule has 1 aliphatic rings. The summed E-state index contributed by atoms with van der Waals surface area (Å²) in [5.41, 5.74) is 5.47. The number of carbonyl (C=O) groups is 1. The van der Waals surface area contributed by atoms with Gasteiger partial charge in [-0.15, -0.1) is 0 Å². The quantitative estimate of drug-likeness (QED) is 0.754. The van der Waals surface area contributed by atoms with Crippen molar-refractivity contribution < 1.29 is 4.79 Å². The van der Waals surface area contributed by atoms with Crippen LogP contribution < -0.4 is 11.1 Å². The molecule has 0 aliphatic heterocycles. The number of carbonyl (C=O) groups excluding carboxylic acids is 1. The van der Waals surface area contributed by atoms with E-state index in [-0.39, 0.29) is 11.8 Å². The molecule has 3 N–H and O–H groups in total. The molecular formula is C13H26N2O. The molecule has 1 aliphatic carbocycles. The molecule has 3 unspecified atom stereocenters. The van der Waals surface area contributed by atoms with Gasteiger partial charge in [-0.1, -0.05) is 33.1 Å². The zero-order valence-corrected chi connectivity index (χ0v) is 10.7. The molecule has 16 heavy (non-hydrogen) atoms. The highest BCUT2D eigenvalue weighted by Gasteiger charge is 2.26. The normalized spacial score (nSPS) is 27.4. The standard InChI is InChI=1S/C13H26N2O/c1-3-11-6-4-5-7-12(11)15-13(16)10(2)8-9-14/h10-12H,3-9,14H2,1-2H3,(H,15,16). The van der Waals surface area contributed by atoms with Crippen LogP contribution in [0.1, 0.15) is 52.4 Å². The average Bonchev–Trinajstić information content (AvgIpc) is 2.30. The van der Waals surface area contributed by atoms with Crippen molar-refractivity contribution in [3.8, 4) is 0 Å². The van der Waals surface area contributed by atoms with Crippen LogP contribution in [-0.2, 0) is 4.79 Å². The van der Waals surface area contributed by atoms with Gasteiger partial charge >= 0.3 is 0 Å². The van der Waals surface area contributed by atoms with Crippen LogP contribution in [-0.4, -0.2) is 18.5 Å². The summed E-state index contributed by atoms with van der Waals surface area (Å²) in [6, 6.07) is 0.409. The molecule has 0 spiro atoms. The Hall–Kier alpha value is -0.570. The van der Waals surface area contributed by atoms with Crippen molar-refractivity contribution in [2.45, 2.75) is 58.4 Å².